The van der Waals surface area contributed by atoms with E-state index in [1.165, 1.54) is 66.8 Å². The maximum Gasteiger partial charge on any atom is 0.0972 e. The zero-order valence-corrected chi connectivity index (χ0v) is 61.1. The van der Waals surface area contributed by atoms with Gasteiger partial charge in [0, 0.05) is 101 Å². The molecule has 22 rings (SSSR count). The molecule has 0 saturated heterocycles. The van der Waals surface area contributed by atoms with Gasteiger partial charge in [0.25, 0.3) is 0 Å². The average molecular weight is 1410 g/mol. The number of pyridine rings is 8. The number of nitrogens with zero attached hydrogens (tertiary/aromatic N) is 8. The van der Waals surface area contributed by atoms with E-state index in [0.29, 0.717) is 0 Å². The van der Waals surface area contributed by atoms with Gasteiger partial charge >= 0.3 is 0 Å². The van der Waals surface area contributed by atoms with Crippen LogP contribution >= 0.6 is 0 Å². The predicted octanol–water partition coefficient (Wildman–Crippen LogP) is 25.7. The van der Waals surface area contributed by atoms with Gasteiger partial charge in [0.1, 0.15) is 0 Å². The molecule has 518 valence electrons. The van der Waals surface area contributed by atoms with Crippen molar-refractivity contribution in [3.8, 4) is 101 Å². The zero-order chi connectivity index (χ0) is 73.6. The van der Waals surface area contributed by atoms with Crippen LogP contribution in [0.5, 0.6) is 0 Å². The fraction of sp³-hybridized carbons (Fsp3) is 0.0588. The molecule has 0 bridgehead atoms. The Balaban J connectivity index is 0.000000112. The van der Waals surface area contributed by atoms with Gasteiger partial charge in [0.05, 0.1) is 66.9 Å². The smallest absolute Gasteiger partial charge is 0.0972 e. The number of benzene rings is 12. The van der Waals surface area contributed by atoms with Crippen LogP contribution in [0.1, 0.15) is 49.9 Å². The largest absolute Gasteiger partial charge is 0.254 e. The molecule has 0 atom stereocenters. The third-order valence-corrected chi connectivity index (χ3v) is 22.6. The maximum absolute atomic E-state index is 5.28. The standard InChI is InChI=1S/C42H32N2.C36H22N4.C24H16N2/c1-41(2)33-11-7-5-9-29(33)31-19-15-27(23-35(31)41)37-21-17-25-13-14-26-18-22-38(44-40(26)39(25)43-37)28-16-20-32-30-10-6-8-12-34(30)42(3,4)36(32)24-28;1-5-27(21-29(7-1)31-17-15-25-13-11-23-9-3-19-37-33(23)35(25)39-31)28-6-2-8-30(22-28)32-18-16-26-14-12-24-10-4-20-38-34(24)36(26)40-32;1-3-7-17(8-4-1)19-13-15-25-23-21(19)11-12-22-20(14-16-26-24(22)23)18-9-5-2-6-10-18/h5-24H,1-4H3;1-22H;1-16H. The summed E-state index contributed by atoms with van der Waals surface area (Å²) in [5.41, 5.74) is 33.5. The van der Waals surface area contributed by atoms with Crippen molar-refractivity contribution < 1.29 is 0 Å². The van der Waals surface area contributed by atoms with E-state index in [1.54, 1.807) is 0 Å². The number of hydrogen-bond donors (Lipinski definition) is 0. The average Bonchev–Trinajstić information content (AvgIpc) is 1.55. The zero-order valence-electron chi connectivity index (χ0n) is 61.1. The van der Waals surface area contributed by atoms with Crippen LogP contribution in [0, 0.1) is 0 Å². The Morgan fingerprint density at radius 3 is 0.891 bits per heavy atom. The lowest BCUT2D eigenvalue weighted by molar-refractivity contribution is 0.660. The molecule has 0 N–H and O–H groups in total. The van der Waals surface area contributed by atoms with Gasteiger partial charge in [-0.2, -0.15) is 0 Å². The minimum atomic E-state index is -0.0479. The molecule has 0 spiro atoms. The Bertz CT molecular complexity index is 6690. The highest BCUT2D eigenvalue weighted by molar-refractivity contribution is 6.12. The van der Waals surface area contributed by atoms with Crippen molar-refractivity contribution in [1.29, 1.82) is 0 Å². The van der Waals surface area contributed by atoms with Gasteiger partial charge in [-0.25, -0.2) is 19.9 Å². The van der Waals surface area contributed by atoms with Crippen LogP contribution in [0.15, 0.2) is 352 Å². The van der Waals surface area contributed by atoms with Gasteiger partial charge < -0.3 is 0 Å². The van der Waals surface area contributed by atoms with E-state index in [-0.39, 0.29) is 10.8 Å². The highest BCUT2D eigenvalue weighted by atomic mass is 14.8. The van der Waals surface area contributed by atoms with Crippen molar-refractivity contribution in [3.05, 3.63) is 375 Å². The molecule has 0 unspecified atom stereocenters. The first-order valence-corrected chi connectivity index (χ1v) is 37.5. The Morgan fingerprint density at radius 2 is 0.491 bits per heavy atom. The SMILES string of the molecule is CC1(C)c2ccccc2-c2ccc(-c3ccc4ccc5ccc(-c6ccc7c(c6)C(C)(C)c6ccccc6-7)nc5c4n3)cc21.c1cc(-c2cccc(-c3ccc4ccc5cccnc5c4n3)c2)cc(-c2ccc3ccc4cccnc4c3n2)c1.c1ccc(-c2ccnc3c2ccc2c(-c4ccccc4)ccnc23)cc1. The molecule has 0 fully saturated rings. The van der Waals surface area contributed by atoms with Crippen LogP contribution in [0.2, 0.25) is 0 Å². The second-order valence-corrected chi connectivity index (χ2v) is 29.8. The van der Waals surface area contributed by atoms with E-state index in [2.05, 4.69) is 351 Å². The summed E-state index contributed by atoms with van der Waals surface area (Å²) in [4.78, 5) is 39.2. The third-order valence-electron chi connectivity index (χ3n) is 22.6. The van der Waals surface area contributed by atoms with Crippen molar-refractivity contribution >= 4 is 87.2 Å². The van der Waals surface area contributed by atoms with E-state index in [4.69, 9.17) is 19.9 Å². The maximum atomic E-state index is 5.28. The quantitative estimate of drug-likeness (QED) is 0.145. The molecule has 0 saturated carbocycles. The summed E-state index contributed by atoms with van der Waals surface area (Å²) in [5, 5.41) is 8.82. The lowest BCUT2D eigenvalue weighted by Crippen LogP contribution is -2.14. The van der Waals surface area contributed by atoms with Crippen molar-refractivity contribution in [2.24, 2.45) is 0 Å². The summed E-state index contributed by atoms with van der Waals surface area (Å²) < 4.78 is 0. The molecule has 0 aliphatic heterocycles. The van der Waals surface area contributed by atoms with Crippen LogP contribution < -0.4 is 0 Å². The molecule has 20 aromatic rings. The van der Waals surface area contributed by atoms with Crippen LogP contribution in [-0.4, -0.2) is 39.9 Å². The van der Waals surface area contributed by atoms with Crippen molar-refractivity contribution in [2.75, 3.05) is 0 Å². The van der Waals surface area contributed by atoms with Crippen LogP contribution in [0.25, 0.3) is 188 Å². The summed E-state index contributed by atoms with van der Waals surface area (Å²) in [6.45, 7) is 9.31. The first-order chi connectivity index (χ1) is 54.0. The fourth-order valence-electron chi connectivity index (χ4n) is 16.9. The van der Waals surface area contributed by atoms with E-state index in [0.717, 1.165) is 143 Å². The van der Waals surface area contributed by atoms with E-state index < -0.39 is 0 Å². The second kappa shape index (κ2) is 26.4. The molecule has 8 heterocycles. The molecular weight excluding hydrogens is 1340 g/mol. The van der Waals surface area contributed by atoms with E-state index in [9.17, 15) is 0 Å². The number of fused-ring (bicyclic) bond motifs is 18. The Kier molecular flexibility index (Phi) is 15.7. The van der Waals surface area contributed by atoms with Crippen molar-refractivity contribution in [2.45, 2.75) is 38.5 Å². The Morgan fingerprint density at radius 1 is 0.182 bits per heavy atom. The highest BCUT2D eigenvalue weighted by Crippen LogP contribution is 2.52. The van der Waals surface area contributed by atoms with Crippen LogP contribution in [-0.2, 0) is 10.8 Å². The molecule has 110 heavy (non-hydrogen) atoms. The minimum Gasteiger partial charge on any atom is -0.254 e. The fourth-order valence-corrected chi connectivity index (χ4v) is 16.9. The monoisotopic (exact) mass is 1410 g/mol. The highest BCUT2D eigenvalue weighted by Gasteiger charge is 2.37. The number of aromatic nitrogens is 8. The molecule has 12 aromatic carbocycles. The van der Waals surface area contributed by atoms with E-state index >= 15 is 0 Å². The van der Waals surface area contributed by atoms with E-state index in [1.807, 2.05) is 49.1 Å². The molecule has 8 aromatic heterocycles. The van der Waals surface area contributed by atoms with Gasteiger partial charge in [0.15, 0.2) is 0 Å². The summed E-state index contributed by atoms with van der Waals surface area (Å²) in [6, 6.07) is 116. The molecule has 2 aliphatic carbocycles. The molecule has 0 radical (unpaired) electrons. The lowest BCUT2D eigenvalue weighted by Gasteiger charge is -2.22. The topological polar surface area (TPSA) is 103 Å². The predicted molar refractivity (Wildman–Crippen MR) is 455 cm³/mol. The first-order valence-electron chi connectivity index (χ1n) is 37.5. The summed E-state index contributed by atoms with van der Waals surface area (Å²) >= 11 is 0. The van der Waals surface area contributed by atoms with Gasteiger partial charge in [0.2, 0.25) is 0 Å². The van der Waals surface area contributed by atoms with Crippen LogP contribution in [0.4, 0.5) is 0 Å². The van der Waals surface area contributed by atoms with Gasteiger partial charge in [-0.1, -0.05) is 282 Å². The number of rotatable bonds is 7. The minimum absolute atomic E-state index is 0.0479. The molecule has 8 nitrogen and oxygen atoms in total. The summed E-state index contributed by atoms with van der Waals surface area (Å²) in [5.74, 6) is 0. The van der Waals surface area contributed by atoms with Crippen LogP contribution in [0.3, 0.4) is 0 Å². The Labute approximate surface area is 636 Å². The van der Waals surface area contributed by atoms with Gasteiger partial charge in [-0.3, -0.25) is 19.9 Å². The number of hydrogen-bond acceptors (Lipinski definition) is 8. The third kappa shape index (κ3) is 11.3. The molecule has 8 heteroatoms. The van der Waals surface area contributed by atoms with Gasteiger partial charge in [-0.05, 0) is 151 Å². The molecule has 2 aliphatic rings. The molecular formula is C102H70N8. The summed E-state index contributed by atoms with van der Waals surface area (Å²) in [7, 11) is 0. The van der Waals surface area contributed by atoms with Gasteiger partial charge in [-0.15, -0.1) is 0 Å². The first kappa shape index (κ1) is 65.4. The lowest BCUT2D eigenvalue weighted by atomic mass is 9.82. The van der Waals surface area contributed by atoms with Crippen molar-refractivity contribution in [3.63, 3.8) is 0 Å². The summed E-state index contributed by atoms with van der Waals surface area (Å²) in [6.07, 6.45) is 7.40. The second-order valence-electron chi connectivity index (χ2n) is 29.8. The normalized spacial score (nSPS) is 12.9. The van der Waals surface area contributed by atoms with Crippen molar-refractivity contribution in [1.82, 2.24) is 39.9 Å². The molecule has 0 amide bonds. The Hall–Kier alpha value is -14.1.